The van der Waals surface area contributed by atoms with Gasteiger partial charge in [0.25, 0.3) is 0 Å². The van der Waals surface area contributed by atoms with E-state index in [-0.39, 0.29) is 11.9 Å². The predicted octanol–water partition coefficient (Wildman–Crippen LogP) is 1.45. The third kappa shape index (κ3) is 3.66. The van der Waals surface area contributed by atoms with Gasteiger partial charge in [-0.1, -0.05) is 6.92 Å². The molecular formula is C14H22N4O. The van der Waals surface area contributed by atoms with Crippen LogP contribution in [0.25, 0.3) is 0 Å². The summed E-state index contributed by atoms with van der Waals surface area (Å²) in [4.78, 5) is 22.4. The second-order valence-electron chi connectivity index (χ2n) is 5.12. The Morgan fingerprint density at radius 1 is 1.53 bits per heavy atom. The maximum absolute atomic E-state index is 11.2. The Kier molecular flexibility index (Phi) is 4.35. The van der Waals surface area contributed by atoms with Crippen LogP contribution in [0.4, 0.5) is 5.82 Å². The van der Waals surface area contributed by atoms with Crippen molar-refractivity contribution in [2.24, 2.45) is 0 Å². The molecule has 0 radical (unpaired) electrons. The molecule has 1 saturated heterocycles. The van der Waals surface area contributed by atoms with Crippen molar-refractivity contribution >= 4 is 11.7 Å². The van der Waals surface area contributed by atoms with Crippen LogP contribution in [0.5, 0.6) is 0 Å². The van der Waals surface area contributed by atoms with Crippen molar-refractivity contribution in [2.45, 2.75) is 46.1 Å². The smallest absolute Gasteiger partial charge is 0.217 e. The first-order chi connectivity index (χ1) is 9.08. The lowest BCUT2D eigenvalue weighted by molar-refractivity contribution is -0.119. The highest BCUT2D eigenvalue weighted by molar-refractivity contribution is 5.73. The first kappa shape index (κ1) is 13.8. The molecule has 1 aliphatic rings. The van der Waals surface area contributed by atoms with E-state index in [0.29, 0.717) is 0 Å². The monoisotopic (exact) mass is 262 g/mol. The summed E-state index contributed by atoms with van der Waals surface area (Å²) >= 11 is 0. The van der Waals surface area contributed by atoms with Gasteiger partial charge in [-0.2, -0.15) is 0 Å². The molecule has 1 unspecified atom stereocenters. The molecule has 0 saturated carbocycles. The van der Waals surface area contributed by atoms with E-state index in [1.165, 1.54) is 0 Å². The number of rotatable bonds is 3. The number of hydrogen-bond donors (Lipinski definition) is 1. The zero-order chi connectivity index (χ0) is 13.8. The summed E-state index contributed by atoms with van der Waals surface area (Å²) in [5.41, 5.74) is 1.00. The Morgan fingerprint density at radius 3 is 3.00 bits per heavy atom. The number of nitrogens with one attached hydrogen (secondary N) is 1. The molecule has 2 heterocycles. The Balaban J connectivity index is 2.12. The van der Waals surface area contributed by atoms with Gasteiger partial charge in [0.2, 0.25) is 5.91 Å². The van der Waals surface area contributed by atoms with Crippen LogP contribution in [0.1, 0.15) is 38.2 Å². The number of aromatic nitrogens is 2. The highest BCUT2D eigenvalue weighted by Crippen LogP contribution is 2.19. The fourth-order valence-corrected chi connectivity index (χ4v) is 2.52. The van der Waals surface area contributed by atoms with Crippen LogP contribution < -0.4 is 10.2 Å². The van der Waals surface area contributed by atoms with Crippen molar-refractivity contribution in [3.63, 3.8) is 0 Å². The average molecular weight is 262 g/mol. The summed E-state index contributed by atoms with van der Waals surface area (Å²) in [6.45, 7) is 7.46. The first-order valence-corrected chi connectivity index (χ1v) is 6.95. The lowest BCUT2D eigenvalue weighted by Crippen LogP contribution is -2.47. The standard InChI is InChI=1S/C14H22N4O/c1-4-13-15-10(2)8-14(17-13)18-7-5-6-12(9-18)16-11(3)19/h8,12H,4-7,9H2,1-3H3,(H,16,19). The van der Waals surface area contributed by atoms with E-state index in [0.717, 1.165) is 49.7 Å². The van der Waals surface area contributed by atoms with Crippen LogP contribution in [0, 0.1) is 6.92 Å². The summed E-state index contributed by atoms with van der Waals surface area (Å²) in [6, 6.07) is 2.25. The molecule has 5 heteroatoms. The van der Waals surface area contributed by atoms with Crippen LogP contribution in [-0.4, -0.2) is 35.0 Å². The Labute approximate surface area is 114 Å². The van der Waals surface area contributed by atoms with Gasteiger partial charge in [-0.15, -0.1) is 0 Å². The van der Waals surface area contributed by atoms with E-state index in [4.69, 9.17) is 0 Å². The first-order valence-electron chi connectivity index (χ1n) is 6.95. The summed E-state index contributed by atoms with van der Waals surface area (Å²) < 4.78 is 0. The van der Waals surface area contributed by atoms with E-state index in [2.05, 4.69) is 27.1 Å². The summed E-state index contributed by atoms with van der Waals surface area (Å²) in [5, 5.41) is 3.00. The SMILES string of the molecule is CCc1nc(C)cc(N2CCCC(NC(C)=O)C2)n1. The van der Waals surface area contributed by atoms with Gasteiger partial charge in [0.1, 0.15) is 11.6 Å². The molecule has 1 aromatic heterocycles. The van der Waals surface area contributed by atoms with Gasteiger partial charge in [-0.05, 0) is 19.8 Å². The third-order valence-corrected chi connectivity index (χ3v) is 3.36. The minimum absolute atomic E-state index is 0.0416. The van der Waals surface area contributed by atoms with Crippen molar-refractivity contribution in [1.29, 1.82) is 0 Å². The van der Waals surface area contributed by atoms with Crippen molar-refractivity contribution in [1.82, 2.24) is 15.3 Å². The molecule has 19 heavy (non-hydrogen) atoms. The second kappa shape index (κ2) is 5.99. The molecule has 0 aromatic carbocycles. The highest BCUT2D eigenvalue weighted by atomic mass is 16.1. The van der Waals surface area contributed by atoms with E-state index in [1.807, 2.05) is 13.0 Å². The van der Waals surface area contributed by atoms with Gasteiger partial charge < -0.3 is 10.2 Å². The summed E-state index contributed by atoms with van der Waals surface area (Å²) in [6.07, 6.45) is 2.97. The van der Waals surface area contributed by atoms with Gasteiger partial charge in [-0.3, -0.25) is 4.79 Å². The maximum atomic E-state index is 11.2. The Bertz CT molecular complexity index is 461. The molecule has 1 N–H and O–H groups in total. The van der Waals surface area contributed by atoms with E-state index in [9.17, 15) is 4.79 Å². The largest absolute Gasteiger partial charge is 0.354 e. The number of amides is 1. The molecule has 104 valence electrons. The van der Waals surface area contributed by atoms with Crippen molar-refractivity contribution < 1.29 is 4.79 Å². The normalized spacial score (nSPS) is 19.3. The number of hydrogen-bond acceptors (Lipinski definition) is 4. The number of carbonyl (C=O) groups excluding carboxylic acids is 1. The number of aryl methyl sites for hydroxylation is 2. The number of carbonyl (C=O) groups is 1. The Hall–Kier alpha value is -1.65. The van der Waals surface area contributed by atoms with Crippen LogP contribution in [-0.2, 0) is 11.2 Å². The van der Waals surface area contributed by atoms with E-state index < -0.39 is 0 Å². The molecule has 1 aromatic rings. The molecule has 5 nitrogen and oxygen atoms in total. The average Bonchev–Trinajstić information content (AvgIpc) is 2.37. The third-order valence-electron chi connectivity index (χ3n) is 3.36. The van der Waals surface area contributed by atoms with Crippen LogP contribution in [0.15, 0.2) is 6.07 Å². The van der Waals surface area contributed by atoms with Gasteiger partial charge in [0.05, 0.1) is 0 Å². The van der Waals surface area contributed by atoms with Crippen molar-refractivity contribution in [3.05, 3.63) is 17.6 Å². The molecule has 1 atom stereocenters. The van der Waals surface area contributed by atoms with E-state index >= 15 is 0 Å². The van der Waals surface area contributed by atoms with Crippen molar-refractivity contribution in [3.8, 4) is 0 Å². The zero-order valence-electron chi connectivity index (χ0n) is 11.9. The fraction of sp³-hybridized carbons (Fsp3) is 0.643. The molecule has 1 aliphatic heterocycles. The topological polar surface area (TPSA) is 58.1 Å². The van der Waals surface area contributed by atoms with Gasteiger partial charge in [0, 0.05) is 44.2 Å². The second-order valence-corrected chi connectivity index (χ2v) is 5.12. The fourth-order valence-electron chi connectivity index (χ4n) is 2.52. The number of nitrogens with zero attached hydrogens (tertiary/aromatic N) is 3. The molecule has 0 spiro atoms. The minimum atomic E-state index is 0.0416. The summed E-state index contributed by atoms with van der Waals surface area (Å²) in [5.74, 6) is 1.91. The molecule has 1 fully saturated rings. The number of anilines is 1. The van der Waals surface area contributed by atoms with Gasteiger partial charge in [0.15, 0.2) is 0 Å². The van der Waals surface area contributed by atoms with Crippen LogP contribution in [0.3, 0.4) is 0 Å². The summed E-state index contributed by atoms with van der Waals surface area (Å²) in [7, 11) is 0. The quantitative estimate of drug-likeness (QED) is 0.896. The molecule has 0 aliphatic carbocycles. The highest BCUT2D eigenvalue weighted by Gasteiger charge is 2.21. The maximum Gasteiger partial charge on any atom is 0.217 e. The van der Waals surface area contributed by atoms with Crippen molar-refractivity contribution in [2.75, 3.05) is 18.0 Å². The Morgan fingerprint density at radius 2 is 2.32 bits per heavy atom. The number of piperidine rings is 1. The predicted molar refractivity (Wildman–Crippen MR) is 75.2 cm³/mol. The van der Waals surface area contributed by atoms with Gasteiger partial charge >= 0.3 is 0 Å². The minimum Gasteiger partial charge on any atom is -0.354 e. The lowest BCUT2D eigenvalue weighted by atomic mass is 10.1. The molecular weight excluding hydrogens is 240 g/mol. The zero-order valence-corrected chi connectivity index (χ0v) is 11.9. The van der Waals surface area contributed by atoms with Crippen LogP contribution in [0.2, 0.25) is 0 Å². The molecule has 0 bridgehead atoms. The van der Waals surface area contributed by atoms with Crippen LogP contribution >= 0.6 is 0 Å². The van der Waals surface area contributed by atoms with E-state index in [1.54, 1.807) is 6.92 Å². The lowest BCUT2D eigenvalue weighted by Gasteiger charge is -2.34. The molecule has 2 rings (SSSR count). The molecule has 1 amide bonds. The van der Waals surface area contributed by atoms with Gasteiger partial charge in [-0.25, -0.2) is 9.97 Å².